The second-order valence-electron chi connectivity index (χ2n) is 12.7. The van der Waals surface area contributed by atoms with Gasteiger partial charge in [0, 0.05) is 84.1 Å². The number of halogens is 6. The first kappa shape index (κ1) is 32.0. The van der Waals surface area contributed by atoms with Crippen LogP contribution in [0, 0.1) is 17.5 Å². The molecule has 0 spiro atoms. The fourth-order valence-electron chi connectivity index (χ4n) is 7.75. The highest BCUT2D eigenvalue weighted by molar-refractivity contribution is 7.99. The van der Waals surface area contributed by atoms with Crippen molar-refractivity contribution in [3.8, 4) is 11.1 Å². The number of likely N-dealkylation sites (tertiary alicyclic amines) is 1. The Hall–Kier alpha value is -3.56. The molecule has 2 bridgehead atoms. The van der Waals surface area contributed by atoms with Gasteiger partial charge in [0.05, 0.1) is 29.4 Å². The number of anilines is 1. The van der Waals surface area contributed by atoms with Gasteiger partial charge in [-0.25, -0.2) is 18.0 Å². The lowest BCUT2D eigenvalue weighted by molar-refractivity contribution is -0.137. The molecule has 0 N–H and O–H groups in total. The molecule has 0 saturated carbocycles. The summed E-state index contributed by atoms with van der Waals surface area (Å²) in [4.78, 5) is 36.2. The van der Waals surface area contributed by atoms with Gasteiger partial charge in [-0.3, -0.25) is 14.3 Å². The lowest BCUT2D eigenvalue weighted by atomic mass is 9.95. The van der Waals surface area contributed by atoms with Gasteiger partial charge in [-0.05, 0) is 32.4 Å². The van der Waals surface area contributed by atoms with Gasteiger partial charge in [-0.1, -0.05) is 6.58 Å². The van der Waals surface area contributed by atoms with Crippen LogP contribution >= 0.6 is 11.8 Å². The van der Waals surface area contributed by atoms with E-state index in [0.717, 1.165) is 24.2 Å². The van der Waals surface area contributed by atoms with Gasteiger partial charge >= 0.3 is 11.9 Å². The molecule has 0 aliphatic carbocycles. The van der Waals surface area contributed by atoms with Crippen molar-refractivity contribution in [1.82, 2.24) is 19.4 Å². The van der Waals surface area contributed by atoms with Crippen molar-refractivity contribution in [2.24, 2.45) is 0 Å². The van der Waals surface area contributed by atoms with E-state index in [1.807, 2.05) is 0 Å². The van der Waals surface area contributed by atoms with E-state index in [1.54, 1.807) is 23.6 Å². The number of rotatable bonds is 4. The Bertz CT molecular complexity index is 1830. The monoisotopic (exact) mass is 679 g/mol. The standard InChI is InChI=1S/C32H31F6N5O3S/c1-4-25(44)43-15(2)9-40(10-16(43)3)30-21-8-22(32(36,37)38)26(27-23(34)5-17(33)6-24(27)35)29-28(21)42(31(45)39-30)11-19(14-47-29)41-12-20-7-18(41)13-46-20/h4-6,8,15-16,18-20H,1,7,9-14H2,2-3H3/t15-,16+,18-,19?,20-/m0/s1. The normalized spacial score (nSPS) is 26.3. The quantitative estimate of drug-likeness (QED) is 0.282. The summed E-state index contributed by atoms with van der Waals surface area (Å²) in [6.07, 6.45) is -3.10. The van der Waals surface area contributed by atoms with E-state index >= 15 is 22.0 Å². The predicted molar refractivity (Wildman–Crippen MR) is 164 cm³/mol. The molecule has 15 heteroatoms. The van der Waals surface area contributed by atoms with Crippen molar-refractivity contribution in [2.45, 2.75) is 68.2 Å². The third kappa shape index (κ3) is 5.30. The van der Waals surface area contributed by atoms with Gasteiger partial charge in [0.1, 0.15) is 23.3 Å². The molecule has 8 nitrogen and oxygen atoms in total. The summed E-state index contributed by atoms with van der Waals surface area (Å²) < 4.78 is 96.9. The largest absolute Gasteiger partial charge is 0.417 e. The van der Waals surface area contributed by atoms with Crippen molar-refractivity contribution in [3.05, 3.63) is 64.4 Å². The van der Waals surface area contributed by atoms with Crippen LogP contribution < -0.4 is 10.6 Å². The fraction of sp³-hybridized carbons (Fsp3) is 0.469. The Morgan fingerprint density at radius 3 is 2.28 bits per heavy atom. The first-order valence-corrected chi connectivity index (χ1v) is 16.3. The van der Waals surface area contributed by atoms with Crippen LogP contribution in [0.25, 0.3) is 22.0 Å². The SMILES string of the molecule is C=CC(=O)N1[C@H](C)CN(c2nc(=O)n3c4c(c(-c5c(F)cc(F)cc5F)c(C(F)(F)F)cc24)SCC(N2C[C@@H]4C[C@H]2CO4)C3)C[C@@H]1C. The molecule has 4 aliphatic rings. The highest BCUT2D eigenvalue weighted by atomic mass is 32.2. The molecular formula is C32H31F6N5O3S. The number of carbonyl (C=O) groups is 1. The number of benzene rings is 2. The van der Waals surface area contributed by atoms with Gasteiger partial charge in [-0.2, -0.15) is 18.2 Å². The molecule has 3 saturated heterocycles. The van der Waals surface area contributed by atoms with Crippen molar-refractivity contribution >= 4 is 34.4 Å². The molecule has 5 heterocycles. The molecule has 1 amide bonds. The van der Waals surface area contributed by atoms with Crippen LogP contribution in [0.1, 0.15) is 25.8 Å². The van der Waals surface area contributed by atoms with E-state index in [-0.39, 0.29) is 71.1 Å². The number of piperazine rings is 1. The maximum atomic E-state index is 15.4. The van der Waals surface area contributed by atoms with Crippen LogP contribution in [0.2, 0.25) is 0 Å². The van der Waals surface area contributed by atoms with Gasteiger partial charge in [-0.15, -0.1) is 11.8 Å². The van der Waals surface area contributed by atoms with Gasteiger partial charge in [0.2, 0.25) is 5.91 Å². The average Bonchev–Trinajstić information content (AvgIpc) is 3.57. The molecule has 2 aromatic carbocycles. The van der Waals surface area contributed by atoms with Crippen molar-refractivity contribution < 1.29 is 35.9 Å². The summed E-state index contributed by atoms with van der Waals surface area (Å²) in [6, 6.07) is 0.413. The summed E-state index contributed by atoms with van der Waals surface area (Å²) in [5.74, 6) is -4.37. The third-order valence-electron chi connectivity index (χ3n) is 9.63. The van der Waals surface area contributed by atoms with E-state index in [2.05, 4.69) is 16.5 Å². The number of amides is 1. The number of ether oxygens (including phenoxy) is 1. The van der Waals surface area contributed by atoms with E-state index in [4.69, 9.17) is 4.74 Å². The number of aromatic nitrogens is 2. The van der Waals surface area contributed by atoms with E-state index in [1.165, 1.54) is 10.6 Å². The first-order chi connectivity index (χ1) is 22.3. The molecule has 250 valence electrons. The number of thioether (sulfide) groups is 1. The van der Waals surface area contributed by atoms with E-state index in [0.29, 0.717) is 25.3 Å². The Morgan fingerprint density at radius 1 is 1.02 bits per heavy atom. The lowest BCUT2D eigenvalue weighted by Gasteiger charge is -2.44. The molecule has 7 rings (SSSR count). The van der Waals surface area contributed by atoms with Crippen molar-refractivity contribution in [3.63, 3.8) is 0 Å². The summed E-state index contributed by atoms with van der Waals surface area (Å²) in [5, 5.41) is -0.0130. The number of fused-ring (bicyclic) bond motifs is 2. The molecule has 0 radical (unpaired) electrons. The van der Waals surface area contributed by atoms with Gasteiger partial charge in [0.25, 0.3) is 0 Å². The van der Waals surface area contributed by atoms with E-state index < -0.39 is 58.1 Å². The van der Waals surface area contributed by atoms with Gasteiger partial charge in [0.15, 0.2) is 0 Å². The Balaban J connectivity index is 1.48. The topological polar surface area (TPSA) is 70.9 Å². The summed E-state index contributed by atoms with van der Waals surface area (Å²) in [5.41, 5.74) is -3.79. The van der Waals surface area contributed by atoms with Crippen LogP contribution in [-0.2, 0) is 22.3 Å². The zero-order valence-corrected chi connectivity index (χ0v) is 26.3. The average molecular weight is 680 g/mol. The second-order valence-corrected chi connectivity index (χ2v) is 13.7. The van der Waals surface area contributed by atoms with Crippen molar-refractivity contribution in [2.75, 3.05) is 36.9 Å². The Morgan fingerprint density at radius 2 is 1.70 bits per heavy atom. The minimum absolute atomic E-state index is 0.0123. The number of hydrogen-bond donors (Lipinski definition) is 0. The summed E-state index contributed by atoms with van der Waals surface area (Å²) in [7, 11) is 0. The molecule has 3 fully saturated rings. The number of carbonyl (C=O) groups excluding carboxylic acids is 1. The fourth-order valence-corrected chi connectivity index (χ4v) is 9.12. The Kier molecular flexibility index (Phi) is 7.87. The third-order valence-corrected chi connectivity index (χ3v) is 10.9. The van der Waals surface area contributed by atoms with Crippen molar-refractivity contribution in [1.29, 1.82) is 0 Å². The molecule has 3 aromatic rings. The van der Waals surface area contributed by atoms with Crippen LogP contribution in [-0.4, -0.2) is 87.5 Å². The Labute approximate surface area is 270 Å². The number of morpholine rings is 1. The molecule has 1 aromatic heterocycles. The molecule has 4 aliphatic heterocycles. The van der Waals surface area contributed by atoms with Crippen LogP contribution in [0.5, 0.6) is 0 Å². The second kappa shape index (κ2) is 11.5. The van der Waals surface area contributed by atoms with Crippen LogP contribution in [0.3, 0.4) is 0 Å². The highest BCUT2D eigenvalue weighted by Gasteiger charge is 2.45. The molecule has 1 unspecified atom stereocenters. The zero-order chi connectivity index (χ0) is 33.5. The van der Waals surface area contributed by atoms with Crippen LogP contribution in [0.15, 0.2) is 40.5 Å². The van der Waals surface area contributed by atoms with Crippen LogP contribution in [0.4, 0.5) is 32.2 Å². The summed E-state index contributed by atoms with van der Waals surface area (Å²) >= 11 is 0.991. The maximum Gasteiger partial charge on any atom is 0.417 e. The lowest BCUT2D eigenvalue weighted by Crippen LogP contribution is -2.58. The van der Waals surface area contributed by atoms with Gasteiger partial charge < -0.3 is 14.5 Å². The number of nitrogens with zero attached hydrogens (tertiary/aromatic N) is 5. The number of hydrogen-bond acceptors (Lipinski definition) is 7. The zero-order valence-electron chi connectivity index (χ0n) is 25.5. The van der Waals surface area contributed by atoms with E-state index in [9.17, 15) is 14.0 Å². The minimum atomic E-state index is -5.10. The molecule has 47 heavy (non-hydrogen) atoms. The molecule has 5 atom stereocenters. The maximum absolute atomic E-state index is 15.4. The smallest absolute Gasteiger partial charge is 0.375 e. The number of alkyl halides is 3. The highest BCUT2D eigenvalue weighted by Crippen LogP contribution is 2.50. The first-order valence-electron chi connectivity index (χ1n) is 15.3. The minimum Gasteiger partial charge on any atom is -0.375 e. The summed E-state index contributed by atoms with van der Waals surface area (Å²) in [6.45, 7) is 8.58. The molecular weight excluding hydrogens is 648 g/mol. The predicted octanol–water partition coefficient (Wildman–Crippen LogP) is 5.06.